The quantitative estimate of drug-likeness (QED) is 0.297. The molecule has 0 aliphatic carbocycles. The van der Waals surface area contributed by atoms with E-state index in [-0.39, 0.29) is 48.5 Å². The largest absolute Gasteiger partial charge is 2.00 e. The molecule has 0 N–H and O–H groups in total. The Hall–Kier alpha value is 1.11. The summed E-state index contributed by atoms with van der Waals surface area (Å²) in [5.41, 5.74) is 0. The normalized spacial score (nSPS) is 0. The van der Waals surface area contributed by atoms with Crippen LogP contribution in [-0.2, 0) is 25.0 Å². The molecule has 0 saturated heterocycles. The predicted molar refractivity (Wildman–Crippen MR) is 3.19 cm³/mol. The van der Waals surface area contributed by atoms with Gasteiger partial charge in [0.25, 0.3) is 0 Å². The summed E-state index contributed by atoms with van der Waals surface area (Å²) >= 11 is 0. The van der Waals surface area contributed by atoms with Crippen molar-refractivity contribution in [3.05, 3.63) is 0 Å². The fourth-order valence-electron chi connectivity index (χ4n) is 0. The average Bonchev–Trinajstić information content (AvgIpc) is 0. The van der Waals surface area contributed by atoms with Gasteiger partial charge in [0.05, 0.1) is 0 Å². The zero-order valence-electron chi connectivity index (χ0n) is 2.52. The predicted octanol–water partition coefficient (Wildman–Crippen LogP) is -2.96. The molecule has 0 aliphatic heterocycles. The molecule has 0 atom stereocenters. The summed E-state index contributed by atoms with van der Waals surface area (Å²) in [6.07, 6.45) is 0. The van der Waals surface area contributed by atoms with Gasteiger partial charge in [-0.1, -0.05) is 0 Å². The van der Waals surface area contributed by atoms with Crippen molar-refractivity contribution in [3.63, 3.8) is 0 Å². The van der Waals surface area contributed by atoms with Gasteiger partial charge in [-0.05, 0) is 0 Å². The van der Waals surface area contributed by atoms with Crippen LogP contribution in [0.2, 0.25) is 0 Å². The summed E-state index contributed by atoms with van der Waals surface area (Å²) in [6, 6.07) is 0. The maximum Gasteiger partial charge on any atom is 2.00 e. The van der Waals surface area contributed by atoms with Crippen molar-refractivity contribution in [1.29, 1.82) is 0 Å². The monoisotopic (exact) mass is 107 g/mol. The Kier molecular flexibility index (Phi) is 564. The minimum absolute atomic E-state index is 0. The standard InChI is InChI=1S/FH.Li.O.Zn/h1H;;;/q;+1;-2;+2. The molecule has 0 rings (SSSR count). The molecule has 0 radical (unpaired) electrons. The van der Waals surface area contributed by atoms with E-state index in [2.05, 4.69) is 0 Å². The zero-order valence-corrected chi connectivity index (χ0v) is 5.49. The first-order chi connectivity index (χ1) is 0. The van der Waals surface area contributed by atoms with Crippen molar-refractivity contribution in [1.82, 2.24) is 0 Å². The first kappa shape index (κ1) is 70.0. The first-order valence-corrected chi connectivity index (χ1v) is 0. The Morgan fingerprint density at radius 2 is 1.00 bits per heavy atom. The van der Waals surface area contributed by atoms with Crippen molar-refractivity contribution in [2.75, 3.05) is 0 Å². The minimum Gasteiger partial charge on any atom is -2.00 e. The van der Waals surface area contributed by atoms with E-state index in [1.54, 1.807) is 0 Å². The van der Waals surface area contributed by atoms with Crippen molar-refractivity contribution < 1.29 is 48.5 Å². The Morgan fingerprint density at radius 3 is 1.00 bits per heavy atom. The van der Waals surface area contributed by atoms with Crippen LogP contribution in [-0.4, -0.2) is 0 Å². The smallest absolute Gasteiger partial charge is 2.00 e. The molecule has 0 bridgehead atoms. The summed E-state index contributed by atoms with van der Waals surface area (Å²) in [4.78, 5) is 0. The van der Waals surface area contributed by atoms with Crippen LogP contribution in [0.1, 0.15) is 0 Å². The first-order valence-electron chi connectivity index (χ1n) is 0. The van der Waals surface area contributed by atoms with E-state index in [0.29, 0.717) is 0 Å². The Labute approximate surface area is 48.8 Å². The Morgan fingerprint density at radius 1 is 1.00 bits per heavy atom. The topological polar surface area (TPSA) is 28.5 Å². The SMILES string of the molecule is F.[Li+].[O-2].[Zn+2]. The third kappa shape index (κ3) is 11.2. The third-order valence-corrected chi connectivity index (χ3v) is 0. The molecule has 0 aromatic heterocycles. The fraction of sp³-hybridized carbons (Fsp3) is 0. The molecule has 16 valence electrons. The van der Waals surface area contributed by atoms with Gasteiger partial charge in [-0.3, -0.25) is 4.70 Å². The van der Waals surface area contributed by atoms with E-state index in [0.717, 1.165) is 0 Å². The zero-order chi connectivity index (χ0) is 0. The molecule has 0 aromatic rings. The average molecular weight is 108 g/mol. The second kappa shape index (κ2) is 32.2. The molecule has 0 unspecified atom stereocenters. The number of hydrogen-bond donors (Lipinski definition) is 0. The molecule has 0 heterocycles. The second-order valence-corrected chi connectivity index (χ2v) is 0. The number of hydrogen-bond acceptors (Lipinski definition) is 0. The van der Waals surface area contributed by atoms with Gasteiger partial charge in [-0.25, -0.2) is 0 Å². The molecule has 0 aromatic carbocycles. The van der Waals surface area contributed by atoms with E-state index in [1.807, 2.05) is 0 Å². The third-order valence-electron chi connectivity index (χ3n) is 0. The fourth-order valence-corrected chi connectivity index (χ4v) is 0. The van der Waals surface area contributed by atoms with Gasteiger partial charge in [0, 0.05) is 0 Å². The summed E-state index contributed by atoms with van der Waals surface area (Å²) in [7, 11) is 0. The van der Waals surface area contributed by atoms with Gasteiger partial charge in [0.1, 0.15) is 0 Å². The van der Waals surface area contributed by atoms with Gasteiger partial charge in [0.15, 0.2) is 0 Å². The van der Waals surface area contributed by atoms with Crippen LogP contribution in [0, 0.1) is 0 Å². The van der Waals surface area contributed by atoms with Crippen LogP contribution in [0.15, 0.2) is 0 Å². The maximum atomic E-state index is 0. The molecule has 4 heteroatoms. The van der Waals surface area contributed by atoms with Gasteiger partial charge in [-0.2, -0.15) is 0 Å². The van der Waals surface area contributed by atoms with Crippen LogP contribution in [0.4, 0.5) is 4.70 Å². The van der Waals surface area contributed by atoms with Crippen molar-refractivity contribution in [2.45, 2.75) is 0 Å². The van der Waals surface area contributed by atoms with Crippen LogP contribution < -0.4 is 18.9 Å². The van der Waals surface area contributed by atoms with E-state index in [9.17, 15) is 0 Å². The van der Waals surface area contributed by atoms with Gasteiger partial charge in [0.2, 0.25) is 0 Å². The molecule has 0 spiro atoms. The van der Waals surface area contributed by atoms with Crippen molar-refractivity contribution in [3.8, 4) is 0 Å². The van der Waals surface area contributed by atoms with Crippen LogP contribution in [0.25, 0.3) is 0 Å². The minimum atomic E-state index is 0. The van der Waals surface area contributed by atoms with Crippen LogP contribution in [0.3, 0.4) is 0 Å². The number of rotatable bonds is 0. The molecule has 0 fully saturated rings. The van der Waals surface area contributed by atoms with Crippen LogP contribution >= 0.6 is 0 Å². The van der Waals surface area contributed by atoms with Gasteiger partial charge in [-0.15, -0.1) is 0 Å². The molecular weight excluding hydrogens is 107 g/mol. The maximum absolute atomic E-state index is 0. The Balaban J connectivity index is 0. The second-order valence-electron chi connectivity index (χ2n) is 0. The Bertz CT molecular complexity index is 8.00. The van der Waals surface area contributed by atoms with Crippen molar-refractivity contribution in [2.24, 2.45) is 0 Å². The van der Waals surface area contributed by atoms with E-state index in [4.69, 9.17) is 0 Å². The number of halogens is 1. The molecule has 4 heavy (non-hydrogen) atoms. The summed E-state index contributed by atoms with van der Waals surface area (Å²) in [6.45, 7) is 0. The molecule has 1 nitrogen and oxygen atoms in total. The van der Waals surface area contributed by atoms with E-state index in [1.165, 1.54) is 0 Å². The molecular formula is HFLiOZn+. The molecule has 0 amide bonds. The molecule has 0 aliphatic rings. The summed E-state index contributed by atoms with van der Waals surface area (Å²) < 4.78 is 0. The summed E-state index contributed by atoms with van der Waals surface area (Å²) in [5, 5.41) is 0. The van der Waals surface area contributed by atoms with E-state index < -0.39 is 0 Å². The van der Waals surface area contributed by atoms with E-state index >= 15 is 0 Å². The van der Waals surface area contributed by atoms with Crippen molar-refractivity contribution >= 4 is 0 Å². The molecule has 0 saturated carbocycles. The summed E-state index contributed by atoms with van der Waals surface area (Å²) in [5.74, 6) is 0. The van der Waals surface area contributed by atoms with Crippen LogP contribution in [0.5, 0.6) is 0 Å². The van der Waals surface area contributed by atoms with Gasteiger partial charge >= 0.3 is 38.3 Å². The van der Waals surface area contributed by atoms with Gasteiger partial charge < -0.3 is 5.48 Å².